The maximum absolute atomic E-state index is 11.6. The van der Waals surface area contributed by atoms with Gasteiger partial charge in [0.1, 0.15) is 5.69 Å². The molecule has 15 heavy (non-hydrogen) atoms. The summed E-state index contributed by atoms with van der Waals surface area (Å²) in [6, 6.07) is 1.53. The molecule has 0 aliphatic carbocycles. The number of hydrogen-bond acceptors (Lipinski definition) is 3. The summed E-state index contributed by atoms with van der Waals surface area (Å²) in [6.45, 7) is 5.70. The summed E-state index contributed by atoms with van der Waals surface area (Å²) in [5, 5.41) is 0. The number of aromatic amines is 1. The molecule has 4 nitrogen and oxygen atoms in total. The first kappa shape index (κ1) is 11.5. The average Bonchev–Trinajstić information content (AvgIpc) is 2.65. The molecule has 0 unspecified atom stereocenters. The molecule has 0 saturated carbocycles. The van der Waals surface area contributed by atoms with Crippen LogP contribution < -0.4 is 0 Å². The van der Waals surface area contributed by atoms with Gasteiger partial charge in [-0.1, -0.05) is 13.8 Å². The molecule has 1 N–H and O–H groups in total. The Hall–Kier alpha value is -1.58. The minimum Gasteiger partial charge on any atom is -0.461 e. The van der Waals surface area contributed by atoms with Crippen molar-refractivity contribution in [2.75, 3.05) is 6.61 Å². The molecule has 0 bridgehead atoms. The molecule has 0 atom stereocenters. The predicted molar refractivity (Wildman–Crippen MR) is 55.9 cm³/mol. The molecule has 0 fully saturated rings. The van der Waals surface area contributed by atoms with E-state index in [0.29, 0.717) is 17.9 Å². The molecule has 0 aromatic carbocycles. The van der Waals surface area contributed by atoms with Crippen LogP contribution in [0.3, 0.4) is 0 Å². The van der Waals surface area contributed by atoms with E-state index in [4.69, 9.17) is 4.74 Å². The molecule has 1 heterocycles. The van der Waals surface area contributed by atoms with Crippen LogP contribution in [0.4, 0.5) is 0 Å². The van der Waals surface area contributed by atoms with Crippen molar-refractivity contribution in [1.29, 1.82) is 0 Å². The van der Waals surface area contributed by atoms with Crippen molar-refractivity contribution in [3.8, 4) is 0 Å². The quantitative estimate of drug-likeness (QED) is 0.609. The molecule has 1 rings (SSSR count). The van der Waals surface area contributed by atoms with Crippen LogP contribution in [-0.4, -0.2) is 23.3 Å². The average molecular weight is 209 g/mol. The number of nitrogens with one attached hydrogen (secondary N) is 1. The summed E-state index contributed by atoms with van der Waals surface area (Å²) in [6.07, 6.45) is 1.54. The van der Waals surface area contributed by atoms with E-state index in [1.807, 2.05) is 13.8 Å². The molecule has 1 aromatic heterocycles. The van der Waals surface area contributed by atoms with Gasteiger partial charge in [-0.3, -0.25) is 4.79 Å². The number of carbonyl (C=O) groups excluding carboxylic acids is 2. The topological polar surface area (TPSA) is 59.2 Å². The summed E-state index contributed by atoms with van der Waals surface area (Å²) >= 11 is 0. The first-order valence-corrected chi connectivity index (χ1v) is 4.96. The fourth-order valence-corrected chi connectivity index (χ4v) is 1.20. The Morgan fingerprint density at radius 2 is 2.13 bits per heavy atom. The van der Waals surface area contributed by atoms with Crippen LogP contribution in [-0.2, 0) is 4.74 Å². The van der Waals surface area contributed by atoms with Crippen molar-refractivity contribution in [3.05, 3.63) is 23.5 Å². The number of esters is 1. The largest absolute Gasteiger partial charge is 0.461 e. The van der Waals surface area contributed by atoms with Gasteiger partial charge >= 0.3 is 5.97 Å². The van der Waals surface area contributed by atoms with E-state index in [9.17, 15) is 9.59 Å². The molecule has 1 aromatic rings. The SMILES string of the molecule is CCOC(=O)c1cc(C(=O)C(C)C)c[nH]1. The van der Waals surface area contributed by atoms with Gasteiger partial charge in [0.15, 0.2) is 5.78 Å². The standard InChI is InChI=1S/C11H15NO3/c1-4-15-11(14)9-5-8(6-12-9)10(13)7(2)3/h5-7,12H,4H2,1-3H3. The Labute approximate surface area is 88.6 Å². The minimum absolute atomic E-state index is 0.0156. The van der Waals surface area contributed by atoms with Crippen LogP contribution in [0.2, 0.25) is 0 Å². The lowest BCUT2D eigenvalue weighted by Gasteiger charge is -1.99. The lowest BCUT2D eigenvalue weighted by atomic mass is 10.0. The highest BCUT2D eigenvalue weighted by atomic mass is 16.5. The first-order chi connectivity index (χ1) is 7.06. The molecule has 0 aliphatic rings. The Morgan fingerprint density at radius 1 is 1.47 bits per heavy atom. The number of rotatable bonds is 4. The van der Waals surface area contributed by atoms with Crippen molar-refractivity contribution in [2.24, 2.45) is 5.92 Å². The van der Waals surface area contributed by atoms with E-state index in [2.05, 4.69) is 4.98 Å². The van der Waals surface area contributed by atoms with Gasteiger partial charge < -0.3 is 9.72 Å². The number of Topliss-reactive ketones (excluding diaryl/α,β-unsaturated/α-hetero) is 1. The van der Waals surface area contributed by atoms with E-state index in [1.54, 1.807) is 6.92 Å². The first-order valence-electron chi connectivity index (χ1n) is 4.96. The lowest BCUT2D eigenvalue weighted by Crippen LogP contribution is -2.06. The molecule has 0 aliphatic heterocycles. The van der Waals surface area contributed by atoms with Gasteiger partial charge in [0, 0.05) is 17.7 Å². The number of hydrogen-bond donors (Lipinski definition) is 1. The monoisotopic (exact) mass is 209 g/mol. The molecular formula is C11H15NO3. The van der Waals surface area contributed by atoms with Crippen molar-refractivity contribution in [2.45, 2.75) is 20.8 Å². The zero-order chi connectivity index (χ0) is 11.4. The summed E-state index contributed by atoms with van der Waals surface area (Å²) in [7, 11) is 0. The number of aromatic nitrogens is 1. The summed E-state index contributed by atoms with van der Waals surface area (Å²) in [5.74, 6) is -0.488. The summed E-state index contributed by atoms with van der Waals surface area (Å²) in [5.41, 5.74) is 0.842. The van der Waals surface area contributed by atoms with Crippen LogP contribution in [0, 0.1) is 5.92 Å². The van der Waals surface area contributed by atoms with Gasteiger partial charge in [-0.2, -0.15) is 0 Å². The Morgan fingerprint density at radius 3 is 2.67 bits per heavy atom. The van der Waals surface area contributed by atoms with Crippen LogP contribution in [0.5, 0.6) is 0 Å². The highest BCUT2D eigenvalue weighted by molar-refractivity contribution is 5.99. The third kappa shape index (κ3) is 2.68. The Bertz CT molecular complexity index is 366. The molecule has 0 spiro atoms. The molecule has 0 radical (unpaired) electrons. The predicted octanol–water partition coefficient (Wildman–Crippen LogP) is 2.03. The lowest BCUT2D eigenvalue weighted by molar-refractivity contribution is 0.0520. The highest BCUT2D eigenvalue weighted by Crippen LogP contribution is 2.10. The van der Waals surface area contributed by atoms with Crippen molar-refractivity contribution >= 4 is 11.8 Å². The molecule has 82 valence electrons. The maximum atomic E-state index is 11.6. The second-order valence-corrected chi connectivity index (χ2v) is 3.54. The molecular weight excluding hydrogens is 194 g/mol. The van der Waals surface area contributed by atoms with E-state index >= 15 is 0 Å². The van der Waals surface area contributed by atoms with Gasteiger partial charge in [-0.25, -0.2) is 4.79 Å². The van der Waals surface area contributed by atoms with Crippen LogP contribution in [0.1, 0.15) is 41.6 Å². The van der Waals surface area contributed by atoms with Gasteiger partial charge in [0.2, 0.25) is 0 Å². The van der Waals surface area contributed by atoms with Crippen molar-refractivity contribution < 1.29 is 14.3 Å². The fraction of sp³-hybridized carbons (Fsp3) is 0.455. The third-order valence-corrected chi connectivity index (χ3v) is 1.99. The van der Waals surface area contributed by atoms with Crippen LogP contribution in [0.25, 0.3) is 0 Å². The van der Waals surface area contributed by atoms with E-state index in [-0.39, 0.29) is 11.7 Å². The van der Waals surface area contributed by atoms with E-state index in [0.717, 1.165) is 0 Å². The summed E-state index contributed by atoms with van der Waals surface area (Å²) < 4.78 is 4.80. The fourth-order valence-electron chi connectivity index (χ4n) is 1.20. The van der Waals surface area contributed by atoms with Gasteiger partial charge in [0.05, 0.1) is 6.61 Å². The van der Waals surface area contributed by atoms with Crippen LogP contribution in [0.15, 0.2) is 12.3 Å². The van der Waals surface area contributed by atoms with Gasteiger partial charge in [-0.05, 0) is 13.0 Å². The number of H-pyrrole nitrogens is 1. The van der Waals surface area contributed by atoms with E-state index in [1.165, 1.54) is 12.3 Å². The smallest absolute Gasteiger partial charge is 0.354 e. The Kier molecular flexibility index (Phi) is 3.66. The number of ether oxygens (including phenoxy) is 1. The molecule has 0 saturated heterocycles. The van der Waals surface area contributed by atoms with Gasteiger partial charge in [-0.15, -0.1) is 0 Å². The van der Waals surface area contributed by atoms with Crippen LogP contribution >= 0.6 is 0 Å². The number of carbonyl (C=O) groups is 2. The Balaban J connectivity index is 2.80. The third-order valence-electron chi connectivity index (χ3n) is 1.99. The van der Waals surface area contributed by atoms with Crippen molar-refractivity contribution in [3.63, 3.8) is 0 Å². The van der Waals surface area contributed by atoms with E-state index < -0.39 is 5.97 Å². The zero-order valence-corrected chi connectivity index (χ0v) is 9.16. The molecule has 4 heteroatoms. The molecule has 0 amide bonds. The maximum Gasteiger partial charge on any atom is 0.354 e. The normalized spacial score (nSPS) is 10.4. The van der Waals surface area contributed by atoms with Gasteiger partial charge in [0.25, 0.3) is 0 Å². The summed E-state index contributed by atoms with van der Waals surface area (Å²) in [4.78, 5) is 25.6. The minimum atomic E-state index is -0.430. The highest BCUT2D eigenvalue weighted by Gasteiger charge is 2.15. The second-order valence-electron chi connectivity index (χ2n) is 3.54. The van der Waals surface area contributed by atoms with Crippen molar-refractivity contribution in [1.82, 2.24) is 4.98 Å². The zero-order valence-electron chi connectivity index (χ0n) is 9.16. The number of ketones is 1. The second kappa shape index (κ2) is 4.77.